The van der Waals surface area contributed by atoms with Crippen LogP contribution in [-0.2, 0) is 15.3 Å². The standard InChI is InChI=1S/C23H25N3O4S/c1-14-7-8-18(10-15(14)2)17(4)25-21(27)12-29-23(28)20-6-5-9-24-22(20)31-13-19-11-16(3)30-26-19/h5-11,17H,12-13H2,1-4H3,(H,25,27). The summed E-state index contributed by atoms with van der Waals surface area (Å²) in [5, 5.41) is 7.30. The van der Waals surface area contributed by atoms with Gasteiger partial charge in [0.2, 0.25) is 0 Å². The number of nitrogens with zero attached hydrogens (tertiary/aromatic N) is 2. The smallest absolute Gasteiger partial charge is 0.341 e. The number of nitrogens with one attached hydrogen (secondary N) is 1. The molecule has 0 saturated heterocycles. The van der Waals surface area contributed by atoms with Crippen molar-refractivity contribution in [2.24, 2.45) is 0 Å². The molecule has 162 valence electrons. The molecule has 0 aliphatic rings. The molecular weight excluding hydrogens is 414 g/mol. The van der Waals surface area contributed by atoms with Crippen molar-refractivity contribution in [3.05, 3.63) is 76.3 Å². The fraction of sp³-hybridized carbons (Fsp3) is 0.304. The van der Waals surface area contributed by atoms with Crippen LogP contribution in [0, 0.1) is 20.8 Å². The van der Waals surface area contributed by atoms with Gasteiger partial charge in [-0.15, -0.1) is 0 Å². The van der Waals surface area contributed by atoms with Crippen LogP contribution in [0.4, 0.5) is 0 Å². The summed E-state index contributed by atoms with van der Waals surface area (Å²) in [5.74, 6) is 0.260. The fourth-order valence-electron chi connectivity index (χ4n) is 2.90. The first-order valence-electron chi connectivity index (χ1n) is 9.87. The number of carbonyl (C=O) groups excluding carboxylic acids is 2. The number of ether oxygens (including phenoxy) is 1. The van der Waals surface area contributed by atoms with E-state index in [1.54, 1.807) is 18.3 Å². The van der Waals surface area contributed by atoms with Gasteiger partial charge in [0.15, 0.2) is 6.61 Å². The maximum absolute atomic E-state index is 12.5. The monoisotopic (exact) mass is 439 g/mol. The Labute approximate surface area is 185 Å². The average molecular weight is 440 g/mol. The quantitative estimate of drug-likeness (QED) is 0.412. The Bertz CT molecular complexity index is 1080. The van der Waals surface area contributed by atoms with Crippen LogP contribution in [0.25, 0.3) is 0 Å². The number of amides is 1. The molecule has 3 rings (SSSR count). The van der Waals surface area contributed by atoms with Crippen molar-refractivity contribution in [2.45, 2.75) is 44.5 Å². The SMILES string of the molecule is Cc1cc(CSc2ncccc2C(=O)OCC(=O)NC(C)c2ccc(C)c(C)c2)no1. The molecular formula is C23H25N3O4S. The molecule has 8 heteroatoms. The maximum Gasteiger partial charge on any atom is 0.341 e. The summed E-state index contributed by atoms with van der Waals surface area (Å²) in [7, 11) is 0. The third kappa shape index (κ3) is 6.18. The molecule has 1 atom stereocenters. The average Bonchev–Trinajstić information content (AvgIpc) is 3.17. The summed E-state index contributed by atoms with van der Waals surface area (Å²) < 4.78 is 10.3. The zero-order valence-electron chi connectivity index (χ0n) is 18.0. The molecule has 1 aromatic carbocycles. The second-order valence-corrected chi connectivity index (χ2v) is 8.25. The summed E-state index contributed by atoms with van der Waals surface area (Å²) >= 11 is 1.35. The zero-order chi connectivity index (χ0) is 22.4. The predicted octanol–water partition coefficient (Wildman–Crippen LogP) is 4.32. The van der Waals surface area contributed by atoms with Gasteiger partial charge in [-0.1, -0.05) is 35.1 Å². The number of thioether (sulfide) groups is 1. The molecule has 1 amide bonds. The van der Waals surface area contributed by atoms with Gasteiger partial charge >= 0.3 is 5.97 Å². The number of aryl methyl sites for hydroxylation is 3. The number of carbonyl (C=O) groups is 2. The molecule has 7 nitrogen and oxygen atoms in total. The lowest BCUT2D eigenvalue weighted by Gasteiger charge is -2.16. The van der Waals surface area contributed by atoms with Gasteiger partial charge in [0, 0.05) is 18.0 Å². The first kappa shape index (κ1) is 22.6. The van der Waals surface area contributed by atoms with Gasteiger partial charge in [-0.3, -0.25) is 4.79 Å². The van der Waals surface area contributed by atoms with Crippen molar-refractivity contribution in [3.8, 4) is 0 Å². The van der Waals surface area contributed by atoms with Crippen molar-refractivity contribution < 1.29 is 18.8 Å². The van der Waals surface area contributed by atoms with Gasteiger partial charge in [-0.2, -0.15) is 0 Å². The Morgan fingerprint density at radius 2 is 1.97 bits per heavy atom. The summed E-state index contributed by atoms with van der Waals surface area (Å²) in [4.78, 5) is 29.1. The lowest BCUT2D eigenvalue weighted by Crippen LogP contribution is -2.31. The molecule has 2 heterocycles. The van der Waals surface area contributed by atoms with E-state index in [4.69, 9.17) is 9.26 Å². The highest BCUT2D eigenvalue weighted by Gasteiger charge is 2.17. The predicted molar refractivity (Wildman–Crippen MR) is 118 cm³/mol. The Morgan fingerprint density at radius 1 is 1.16 bits per heavy atom. The van der Waals surface area contributed by atoms with Gasteiger partial charge < -0.3 is 14.6 Å². The van der Waals surface area contributed by atoms with Crippen molar-refractivity contribution in [1.29, 1.82) is 0 Å². The Balaban J connectivity index is 1.55. The van der Waals surface area contributed by atoms with E-state index in [1.165, 1.54) is 17.3 Å². The van der Waals surface area contributed by atoms with E-state index in [-0.39, 0.29) is 18.6 Å². The van der Waals surface area contributed by atoms with E-state index in [1.807, 2.05) is 52.0 Å². The molecule has 3 aromatic rings. The summed E-state index contributed by atoms with van der Waals surface area (Å²) in [5.41, 5.74) is 4.42. The van der Waals surface area contributed by atoms with Gasteiger partial charge in [0.05, 0.1) is 17.3 Å². The number of esters is 1. The van der Waals surface area contributed by atoms with Crippen molar-refractivity contribution >= 4 is 23.6 Å². The van der Waals surface area contributed by atoms with Crippen LogP contribution in [0.5, 0.6) is 0 Å². The largest absolute Gasteiger partial charge is 0.452 e. The highest BCUT2D eigenvalue weighted by Crippen LogP contribution is 2.24. The van der Waals surface area contributed by atoms with E-state index in [0.29, 0.717) is 16.3 Å². The fourth-order valence-corrected chi connectivity index (χ4v) is 3.76. The van der Waals surface area contributed by atoms with Crippen LogP contribution in [0.15, 0.2) is 52.1 Å². The molecule has 0 spiro atoms. The van der Waals surface area contributed by atoms with Crippen LogP contribution in [0.3, 0.4) is 0 Å². The zero-order valence-corrected chi connectivity index (χ0v) is 18.8. The Morgan fingerprint density at radius 3 is 2.68 bits per heavy atom. The third-order valence-corrected chi connectivity index (χ3v) is 5.81. The normalized spacial score (nSPS) is 11.7. The maximum atomic E-state index is 12.5. The first-order chi connectivity index (χ1) is 14.8. The number of aromatic nitrogens is 2. The van der Waals surface area contributed by atoms with Crippen molar-refractivity contribution in [2.75, 3.05) is 6.61 Å². The molecule has 2 aromatic heterocycles. The molecule has 0 bridgehead atoms. The molecule has 1 unspecified atom stereocenters. The lowest BCUT2D eigenvalue weighted by molar-refractivity contribution is -0.124. The van der Waals surface area contributed by atoms with E-state index in [0.717, 1.165) is 22.6 Å². The van der Waals surface area contributed by atoms with E-state index >= 15 is 0 Å². The number of hydrogen-bond acceptors (Lipinski definition) is 7. The minimum Gasteiger partial charge on any atom is -0.452 e. The molecule has 0 fully saturated rings. The van der Waals surface area contributed by atoms with E-state index in [9.17, 15) is 9.59 Å². The van der Waals surface area contributed by atoms with E-state index in [2.05, 4.69) is 15.5 Å². The second-order valence-electron chi connectivity index (χ2n) is 7.28. The van der Waals surface area contributed by atoms with Crippen LogP contribution >= 0.6 is 11.8 Å². The molecule has 0 aliphatic carbocycles. The number of hydrogen-bond donors (Lipinski definition) is 1. The minimum absolute atomic E-state index is 0.194. The molecule has 0 radical (unpaired) electrons. The first-order valence-corrected chi connectivity index (χ1v) is 10.9. The highest BCUT2D eigenvalue weighted by molar-refractivity contribution is 7.98. The molecule has 0 aliphatic heterocycles. The molecule has 31 heavy (non-hydrogen) atoms. The molecule has 1 N–H and O–H groups in total. The van der Waals surface area contributed by atoms with Gasteiger partial charge in [-0.05, 0) is 56.5 Å². The topological polar surface area (TPSA) is 94.3 Å². The van der Waals surface area contributed by atoms with Crippen molar-refractivity contribution in [3.63, 3.8) is 0 Å². The Hall–Kier alpha value is -3.13. The van der Waals surface area contributed by atoms with Crippen molar-refractivity contribution in [1.82, 2.24) is 15.5 Å². The van der Waals surface area contributed by atoms with Gasteiger partial charge in [-0.25, -0.2) is 9.78 Å². The van der Waals surface area contributed by atoms with Crippen LogP contribution in [0.2, 0.25) is 0 Å². The van der Waals surface area contributed by atoms with Crippen LogP contribution in [-0.4, -0.2) is 28.6 Å². The van der Waals surface area contributed by atoms with E-state index < -0.39 is 5.97 Å². The lowest BCUT2D eigenvalue weighted by atomic mass is 10.0. The second kappa shape index (κ2) is 10.3. The number of pyridine rings is 1. The Kier molecular flexibility index (Phi) is 7.46. The summed E-state index contributed by atoms with van der Waals surface area (Å²) in [6.07, 6.45) is 1.60. The highest BCUT2D eigenvalue weighted by atomic mass is 32.2. The number of rotatable bonds is 8. The third-order valence-electron chi connectivity index (χ3n) is 4.77. The minimum atomic E-state index is -0.596. The van der Waals surface area contributed by atoms with Crippen LogP contribution < -0.4 is 5.32 Å². The van der Waals surface area contributed by atoms with Gasteiger partial charge in [0.25, 0.3) is 5.91 Å². The summed E-state index contributed by atoms with van der Waals surface area (Å²) in [6, 6.07) is 11.0. The molecule has 0 saturated carbocycles. The van der Waals surface area contributed by atoms with Crippen LogP contribution in [0.1, 0.15) is 51.5 Å². The summed E-state index contributed by atoms with van der Waals surface area (Å²) in [6.45, 7) is 7.42. The van der Waals surface area contributed by atoms with Gasteiger partial charge in [0.1, 0.15) is 10.8 Å². The number of benzene rings is 1.